The van der Waals surface area contributed by atoms with E-state index in [-0.39, 0.29) is 111 Å². The molecule has 11 N–H and O–H groups in total. The lowest BCUT2D eigenvalue weighted by Gasteiger charge is -2.59. The number of carboxylic acid groups (broad SMARTS) is 1. The van der Waals surface area contributed by atoms with Gasteiger partial charge in [-0.1, -0.05) is 88.8 Å². The van der Waals surface area contributed by atoms with E-state index in [1.807, 2.05) is 48.2 Å². The number of urea groups is 1. The van der Waals surface area contributed by atoms with Crippen LogP contribution < -0.4 is 42.5 Å². The zero-order valence-electron chi connectivity index (χ0n) is 61.5. The van der Waals surface area contributed by atoms with Crippen molar-refractivity contribution in [3.63, 3.8) is 0 Å². The maximum absolute atomic E-state index is 13.8. The number of nitrogens with zero attached hydrogens (tertiary/aromatic N) is 5. The third-order valence-corrected chi connectivity index (χ3v) is 21.9. The number of carbonyl (C=O) groups excluding carboxylic acids is 8. The molecule has 5 aromatic rings. The molecule has 4 heterocycles. The number of anilines is 3. The Morgan fingerprint density at radius 3 is 2.31 bits per heavy atom. The first kappa shape index (κ1) is 81.4. The highest BCUT2D eigenvalue weighted by Crippen LogP contribution is 2.61. The first-order valence-corrected chi connectivity index (χ1v) is 38.8. The molecule has 2 aromatic heterocycles. The molecule has 2 saturated carbocycles. The Morgan fingerprint density at radius 1 is 0.850 bits per heavy atom. The molecule has 3 aromatic carbocycles. The molecule has 107 heavy (non-hydrogen) atoms. The highest BCUT2D eigenvalue weighted by molar-refractivity contribution is 7.85. The molecular formula is C76H99N13O16S2. The van der Waals surface area contributed by atoms with Gasteiger partial charge in [0.05, 0.1) is 41.4 Å². The number of para-hydroxylation sites is 1. The predicted molar refractivity (Wildman–Crippen MR) is 405 cm³/mol. The topological polar surface area (TPSA) is 413 Å². The zero-order valence-corrected chi connectivity index (χ0v) is 63.1. The van der Waals surface area contributed by atoms with Crippen LogP contribution in [0.1, 0.15) is 162 Å². The van der Waals surface area contributed by atoms with Gasteiger partial charge in [-0.2, -0.15) is 8.42 Å². The number of amides is 9. The lowest BCUT2D eigenvalue weighted by molar-refractivity contribution is -0.183. The first-order chi connectivity index (χ1) is 51.0. The zero-order chi connectivity index (χ0) is 77.2. The number of allylic oxidation sites excluding steroid dienone is 2. The van der Waals surface area contributed by atoms with Crippen LogP contribution in [0.25, 0.3) is 15.8 Å². The van der Waals surface area contributed by atoms with Gasteiger partial charge in [-0.3, -0.25) is 43.5 Å². The molecule has 2 aliphatic heterocycles. The second-order valence-corrected chi connectivity index (χ2v) is 31.7. The number of unbranched alkanes of at least 4 members (excludes halogenated alkanes) is 2. The normalized spacial score (nSPS) is 19.8. The maximum Gasteiger partial charge on any atom is 0.410 e. The van der Waals surface area contributed by atoms with Crippen LogP contribution in [-0.2, 0) is 67.9 Å². The number of ether oxygens (including phenoxy) is 3. The Balaban J connectivity index is 0.761. The van der Waals surface area contributed by atoms with Crippen LogP contribution in [0.5, 0.6) is 0 Å². The SMILES string of the molecule is CCC1(CN/C(C)=C(\C=N)c2ccc(N3CCc4cccc(C(=O)Nc5nc6ccccc6s5)c4C3)nc2C(=O)O)CC2(C)CC(C)CC(OCCOCCN(CCS(=O)(=O)O)C(=O)OCc3ccc(NC(=O)[C@H](CCCNC(N)=O)NC(=O)C(NC(=O)CCCCCN4C(=O)C=CC4=O)C(C)C)cc3)(C2)C1. The summed E-state index contributed by atoms with van der Waals surface area (Å²) in [6, 6.07) is 20.1. The van der Waals surface area contributed by atoms with Gasteiger partial charge in [0.2, 0.25) is 17.7 Å². The number of nitrogens with two attached hydrogens (primary N) is 1. The van der Waals surface area contributed by atoms with E-state index in [4.69, 9.17) is 30.3 Å². The van der Waals surface area contributed by atoms with E-state index in [1.165, 1.54) is 23.5 Å². The number of imide groups is 1. The fourth-order valence-electron chi connectivity index (χ4n) is 15.4. The van der Waals surface area contributed by atoms with Crippen molar-refractivity contribution in [1.82, 2.24) is 41.0 Å². The number of nitrogens with one attached hydrogen (secondary N) is 7. The molecule has 9 amide bonds. The fourth-order valence-corrected chi connectivity index (χ4v) is 16.7. The number of hydrogen-bond acceptors (Lipinski definition) is 20. The summed E-state index contributed by atoms with van der Waals surface area (Å²) in [5.41, 5.74) is 9.37. The number of carboxylic acids is 1. The highest BCUT2D eigenvalue weighted by Gasteiger charge is 2.56. The minimum absolute atomic E-state index is 0.0314. The number of benzene rings is 3. The number of thiazole rings is 1. The number of fused-ring (bicyclic) bond motifs is 4. The van der Waals surface area contributed by atoms with Gasteiger partial charge in [0.1, 0.15) is 24.5 Å². The van der Waals surface area contributed by atoms with E-state index in [2.05, 4.69) is 57.7 Å². The molecule has 0 spiro atoms. The summed E-state index contributed by atoms with van der Waals surface area (Å²) in [7, 11) is -4.49. The monoisotopic (exact) mass is 1510 g/mol. The molecule has 2 bridgehead atoms. The van der Waals surface area contributed by atoms with Crippen molar-refractivity contribution in [2.24, 2.45) is 28.4 Å². The van der Waals surface area contributed by atoms with Gasteiger partial charge in [0.25, 0.3) is 27.8 Å². The average Bonchev–Trinajstić information content (AvgIpc) is 1.72. The molecule has 29 nitrogen and oxygen atoms in total. The summed E-state index contributed by atoms with van der Waals surface area (Å²) in [6.07, 6.45) is 10.2. The number of rotatable bonds is 38. The fraction of sp³-hybridized carbons (Fsp3) is 0.500. The minimum Gasteiger partial charge on any atom is -0.476 e. The van der Waals surface area contributed by atoms with Crippen molar-refractivity contribution in [2.45, 2.75) is 156 Å². The van der Waals surface area contributed by atoms with Crippen LogP contribution in [0.3, 0.4) is 0 Å². The predicted octanol–water partition coefficient (Wildman–Crippen LogP) is 8.99. The molecule has 31 heteroatoms. The second kappa shape index (κ2) is 36.7. The van der Waals surface area contributed by atoms with E-state index in [0.29, 0.717) is 96.7 Å². The molecule has 5 unspecified atom stereocenters. The molecule has 2 fully saturated rings. The Bertz CT molecular complexity index is 4230. The molecule has 4 aliphatic rings. The Hall–Kier alpha value is -9.69. The van der Waals surface area contributed by atoms with Crippen LogP contribution >= 0.6 is 11.3 Å². The number of carbonyl (C=O) groups is 9. The van der Waals surface area contributed by atoms with Crippen molar-refractivity contribution >= 4 is 114 Å². The van der Waals surface area contributed by atoms with Gasteiger partial charge in [0, 0.05) is 98.7 Å². The van der Waals surface area contributed by atoms with Crippen molar-refractivity contribution < 1.29 is 75.4 Å². The molecule has 2 aliphatic carbocycles. The van der Waals surface area contributed by atoms with Gasteiger partial charge < -0.3 is 66.8 Å². The van der Waals surface area contributed by atoms with Gasteiger partial charge in [-0.05, 0) is 159 Å². The number of primary amides is 1. The van der Waals surface area contributed by atoms with Crippen molar-refractivity contribution in [3.05, 3.63) is 130 Å². The molecular weight excluding hydrogens is 1420 g/mol. The van der Waals surface area contributed by atoms with E-state index in [9.17, 15) is 61.2 Å². The lowest BCUT2D eigenvalue weighted by Crippen LogP contribution is -2.57. The number of pyridine rings is 1. The minimum atomic E-state index is -4.49. The van der Waals surface area contributed by atoms with Crippen LogP contribution in [0.4, 0.5) is 26.2 Å². The van der Waals surface area contributed by atoms with Crippen LogP contribution in [0, 0.1) is 28.1 Å². The number of aromatic carboxylic acids is 1. The van der Waals surface area contributed by atoms with Crippen LogP contribution in [0.15, 0.2) is 96.7 Å². The van der Waals surface area contributed by atoms with Crippen LogP contribution in [0.2, 0.25) is 0 Å². The summed E-state index contributed by atoms with van der Waals surface area (Å²) >= 11 is 1.39. The first-order valence-electron chi connectivity index (χ1n) is 36.3. The third-order valence-electron chi connectivity index (χ3n) is 20.2. The molecule has 6 atom stereocenters. The van der Waals surface area contributed by atoms with Gasteiger partial charge >= 0.3 is 18.1 Å². The largest absolute Gasteiger partial charge is 0.476 e. The summed E-state index contributed by atoms with van der Waals surface area (Å²) in [6.45, 7) is 13.3. The molecule has 576 valence electrons. The number of aromatic nitrogens is 2. The number of hydrogen-bond donors (Lipinski definition) is 10. The Morgan fingerprint density at radius 2 is 1.61 bits per heavy atom. The van der Waals surface area contributed by atoms with E-state index >= 15 is 0 Å². The summed E-state index contributed by atoms with van der Waals surface area (Å²) in [4.78, 5) is 130. The molecule has 9 rings (SSSR count). The summed E-state index contributed by atoms with van der Waals surface area (Å²) in [5, 5.41) is 37.2. The summed E-state index contributed by atoms with van der Waals surface area (Å²) in [5.74, 6) is -4.29. The van der Waals surface area contributed by atoms with Gasteiger partial charge in [-0.15, -0.1) is 0 Å². The smallest absolute Gasteiger partial charge is 0.410 e. The summed E-state index contributed by atoms with van der Waals surface area (Å²) < 4.78 is 53.0. The van der Waals surface area contributed by atoms with Gasteiger partial charge in [0.15, 0.2) is 10.8 Å². The van der Waals surface area contributed by atoms with E-state index in [1.54, 1.807) is 56.3 Å². The van der Waals surface area contributed by atoms with Crippen molar-refractivity contribution in [2.75, 3.05) is 80.4 Å². The second-order valence-electron chi connectivity index (χ2n) is 29.1. The standard InChI is InChI=1S/C76H99N13O16S2/c1-7-75(47-80-50(5)56(41-77)54-25-26-61(84-66(54)70(96)97)88-32-29-52-15-13-16-55(57(52)42-88)67(93)86-72-83-58-17-10-11-19-60(58)106-72)44-74(6)39-49(4)40-76(45-74,46-75)105-37-36-103-35-33-87(34-38-107(100,101)102)73(99)104-43-51-21-23-53(24-22-51)81-68(94)59(18-14-30-79-71(78)98)82-69(95)65(48(2)3)85-62(90)20-9-8-12-31-89-63(91)27-28-64(89)92/h10-11,13,15-17,19,21-28,41,48-49,59,65,77,80H,7-9,12,14,18,20,29-40,42-47H2,1-6H3,(H,81,94)(H,82,95)(H,85,90)(H,96,97)(H3,78,79,98)(H,83,86,93)(H,100,101,102)/b56-50+,77-41?/t49?,59-,65?,74?,75?,76?/m0/s1. The Kier molecular flexibility index (Phi) is 27.9. The lowest BCUT2D eigenvalue weighted by atomic mass is 9.50. The third kappa shape index (κ3) is 22.5. The average molecular weight is 1510 g/mol. The van der Waals surface area contributed by atoms with E-state index in [0.717, 1.165) is 69.5 Å². The van der Waals surface area contributed by atoms with Crippen LogP contribution in [-0.4, -0.2) is 180 Å². The highest BCUT2D eigenvalue weighted by atomic mass is 32.2. The molecule has 0 saturated heterocycles. The van der Waals surface area contributed by atoms with Gasteiger partial charge in [-0.25, -0.2) is 24.4 Å². The van der Waals surface area contributed by atoms with E-state index < -0.39 is 75.9 Å². The quantitative estimate of drug-likeness (QED) is 0.00762. The maximum atomic E-state index is 13.8. The van der Waals surface area contributed by atoms with Crippen molar-refractivity contribution in [3.8, 4) is 0 Å². The molecule has 0 radical (unpaired) electrons. The van der Waals surface area contributed by atoms with Crippen molar-refractivity contribution in [1.29, 1.82) is 5.41 Å². The Labute approximate surface area is 627 Å².